The average Bonchev–Trinajstić information content (AvgIpc) is 3.35. The largest absolute Gasteiger partial charge is 0.391 e. The molecule has 1 saturated heterocycles. The van der Waals surface area contributed by atoms with Crippen molar-refractivity contribution in [3.63, 3.8) is 0 Å². The molecular weight excluding hydrogens is 528 g/mol. The zero-order chi connectivity index (χ0) is 27.3. The Labute approximate surface area is 234 Å². The van der Waals surface area contributed by atoms with Crippen LogP contribution >= 0.6 is 11.3 Å². The number of sulfonamides is 1. The lowest BCUT2D eigenvalue weighted by Crippen LogP contribution is -2.56. The average molecular weight is 563 g/mol. The van der Waals surface area contributed by atoms with Gasteiger partial charge in [0.2, 0.25) is 10.0 Å². The van der Waals surface area contributed by atoms with Crippen LogP contribution in [0.2, 0.25) is 0 Å². The zero-order valence-electron chi connectivity index (χ0n) is 22.6. The van der Waals surface area contributed by atoms with E-state index in [1.807, 2.05) is 43.3 Å². The van der Waals surface area contributed by atoms with Gasteiger partial charge in [0.05, 0.1) is 33.2 Å². The molecule has 4 aliphatic rings. The highest BCUT2D eigenvalue weighted by molar-refractivity contribution is 7.90. The number of nitrogens with zero attached hydrogens (tertiary/aromatic N) is 4. The molecule has 1 spiro atoms. The lowest BCUT2D eigenvalue weighted by atomic mass is 9.75. The summed E-state index contributed by atoms with van der Waals surface area (Å²) in [6.45, 7) is 6.83. The monoisotopic (exact) mass is 562 g/mol. The standard InChI is InChI=1S/C30H34N4O3S2/c1-29(2,3)39(36,37)34-16-20(13-30(34)6-4-7-30)33-15-19-11-23(19)25-10-18(14-31)9-24(27(25)33)22-5-8-32-26-12-21(17-35)38-28(22)26/h5,8-10,12,19-20,23,35H,4,6-7,11,13,15-17H2,1-3H3/t19-,20?,23-/m1/s1. The van der Waals surface area contributed by atoms with Gasteiger partial charge in [-0.1, -0.05) is 0 Å². The number of hydrogen-bond donors (Lipinski definition) is 1. The van der Waals surface area contributed by atoms with Crippen molar-refractivity contribution in [2.45, 2.75) is 81.7 Å². The maximum Gasteiger partial charge on any atom is 0.219 e. The van der Waals surface area contributed by atoms with Gasteiger partial charge in [-0.2, -0.15) is 9.57 Å². The van der Waals surface area contributed by atoms with Gasteiger partial charge in [0, 0.05) is 52.6 Å². The maximum atomic E-state index is 13.8. The van der Waals surface area contributed by atoms with Crippen LogP contribution in [0.1, 0.15) is 74.8 Å². The number of nitriles is 1. The summed E-state index contributed by atoms with van der Waals surface area (Å²) >= 11 is 1.55. The summed E-state index contributed by atoms with van der Waals surface area (Å²) in [7, 11) is -3.47. The second-order valence-electron chi connectivity index (χ2n) is 12.9. The minimum atomic E-state index is -3.47. The Morgan fingerprint density at radius 1 is 1.21 bits per heavy atom. The fraction of sp³-hybridized carbons (Fsp3) is 0.533. The van der Waals surface area contributed by atoms with E-state index in [2.05, 4.69) is 22.0 Å². The van der Waals surface area contributed by atoms with Gasteiger partial charge in [-0.25, -0.2) is 8.42 Å². The zero-order valence-corrected chi connectivity index (χ0v) is 24.3. The minimum absolute atomic E-state index is 0.0328. The van der Waals surface area contributed by atoms with Crippen molar-refractivity contribution in [2.24, 2.45) is 5.92 Å². The molecule has 1 N–H and O–H groups in total. The third-order valence-corrected chi connectivity index (χ3v) is 13.3. The summed E-state index contributed by atoms with van der Waals surface area (Å²) in [4.78, 5) is 7.92. The second kappa shape index (κ2) is 8.50. The number of aliphatic hydroxyl groups is 1. The summed E-state index contributed by atoms with van der Waals surface area (Å²) in [5.41, 5.74) is 5.65. The summed E-state index contributed by atoms with van der Waals surface area (Å²) in [6.07, 6.45) is 6.69. The molecule has 2 aliphatic heterocycles. The minimum Gasteiger partial charge on any atom is -0.391 e. The van der Waals surface area contributed by atoms with Crippen LogP contribution in [0.4, 0.5) is 5.69 Å². The van der Waals surface area contributed by atoms with Crippen LogP contribution in [0.3, 0.4) is 0 Å². The van der Waals surface area contributed by atoms with Crippen molar-refractivity contribution in [2.75, 3.05) is 18.0 Å². The molecule has 7 nitrogen and oxygen atoms in total. The van der Waals surface area contributed by atoms with Crippen molar-refractivity contribution >= 4 is 37.3 Å². The van der Waals surface area contributed by atoms with Crippen LogP contribution in [-0.2, 0) is 16.6 Å². The normalized spacial score (nSPS) is 25.8. The van der Waals surface area contributed by atoms with E-state index in [4.69, 9.17) is 0 Å². The molecule has 4 heterocycles. The number of aromatic nitrogens is 1. The molecule has 3 fully saturated rings. The molecule has 2 saturated carbocycles. The molecule has 3 aromatic rings. The van der Waals surface area contributed by atoms with E-state index in [-0.39, 0.29) is 18.2 Å². The van der Waals surface area contributed by atoms with Gasteiger partial charge < -0.3 is 10.0 Å². The number of pyridine rings is 1. The van der Waals surface area contributed by atoms with Crippen LogP contribution in [0.15, 0.2) is 30.5 Å². The Morgan fingerprint density at radius 3 is 2.67 bits per heavy atom. The smallest absolute Gasteiger partial charge is 0.219 e. The summed E-state index contributed by atoms with van der Waals surface area (Å²) in [6, 6.07) is 10.5. The van der Waals surface area contributed by atoms with Gasteiger partial charge in [-0.3, -0.25) is 4.98 Å². The van der Waals surface area contributed by atoms with Crippen LogP contribution in [0.25, 0.3) is 21.3 Å². The molecule has 2 aliphatic carbocycles. The van der Waals surface area contributed by atoms with E-state index in [9.17, 15) is 18.8 Å². The van der Waals surface area contributed by atoms with Crippen molar-refractivity contribution in [1.82, 2.24) is 9.29 Å². The number of anilines is 1. The maximum absolute atomic E-state index is 13.8. The molecule has 1 unspecified atom stereocenters. The van der Waals surface area contributed by atoms with E-state index in [1.165, 1.54) is 5.56 Å². The topological polar surface area (TPSA) is 97.5 Å². The highest BCUT2D eigenvalue weighted by atomic mass is 32.2. The first-order chi connectivity index (χ1) is 18.6. The number of aliphatic hydroxyl groups excluding tert-OH is 1. The number of hydrogen-bond acceptors (Lipinski definition) is 7. The highest BCUT2D eigenvalue weighted by Gasteiger charge is 2.59. The number of benzene rings is 1. The van der Waals surface area contributed by atoms with Gasteiger partial charge >= 0.3 is 0 Å². The Hall–Kier alpha value is -2.51. The predicted octanol–water partition coefficient (Wildman–Crippen LogP) is 5.38. The van der Waals surface area contributed by atoms with Crippen molar-refractivity contribution in [1.29, 1.82) is 5.26 Å². The number of fused-ring (bicyclic) bond motifs is 4. The highest BCUT2D eigenvalue weighted by Crippen LogP contribution is 2.59. The Balaban J connectivity index is 1.39. The van der Waals surface area contributed by atoms with Gasteiger partial charge in [-0.05, 0) is 94.5 Å². The summed E-state index contributed by atoms with van der Waals surface area (Å²) in [5, 5.41) is 19.8. The van der Waals surface area contributed by atoms with Gasteiger partial charge in [0.15, 0.2) is 0 Å². The van der Waals surface area contributed by atoms with Crippen LogP contribution in [-0.4, -0.2) is 52.2 Å². The molecule has 3 atom stereocenters. The van der Waals surface area contributed by atoms with Crippen molar-refractivity contribution < 1.29 is 13.5 Å². The summed E-state index contributed by atoms with van der Waals surface area (Å²) in [5.74, 6) is 0.996. The van der Waals surface area contributed by atoms with Gasteiger partial charge in [0.1, 0.15) is 0 Å². The fourth-order valence-electron chi connectivity index (χ4n) is 7.23. The number of thiophene rings is 1. The van der Waals surface area contributed by atoms with Crippen LogP contribution in [0.5, 0.6) is 0 Å². The second-order valence-corrected chi connectivity index (χ2v) is 16.6. The third-order valence-electron chi connectivity index (χ3n) is 9.53. The van der Waals surface area contributed by atoms with E-state index < -0.39 is 14.8 Å². The molecule has 9 heteroatoms. The molecule has 1 aromatic carbocycles. The molecule has 0 bridgehead atoms. The lowest BCUT2D eigenvalue weighted by Gasteiger charge is -2.46. The molecule has 39 heavy (non-hydrogen) atoms. The third kappa shape index (κ3) is 3.72. The molecule has 0 radical (unpaired) electrons. The SMILES string of the molecule is CC(C)(C)S(=O)(=O)N1CC(N2C[C@H]3C[C@H]3c3cc(C#N)cc(-c4ccnc5cc(CO)sc45)c32)CC12CCC2. The Bertz CT molecular complexity index is 1640. The first kappa shape index (κ1) is 25.5. The predicted molar refractivity (Wildman–Crippen MR) is 154 cm³/mol. The van der Waals surface area contributed by atoms with E-state index >= 15 is 0 Å². The van der Waals surface area contributed by atoms with E-state index in [0.717, 1.165) is 70.6 Å². The summed E-state index contributed by atoms with van der Waals surface area (Å²) < 4.78 is 29.6. The fourth-order valence-corrected chi connectivity index (χ4v) is 10.0. The molecule has 204 valence electrons. The Kier molecular flexibility index (Phi) is 5.55. The molecule has 0 amide bonds. The van der Waals surface area contributed by atoms with Crippen LogP contribution in [0, 0.1) is 17.2 Å². The lowest BCUT2D eigenvalue weighted by molar-refractivity contribution is 0.125. The van der Waals surface area contributed by atoms with Crippen molar-refractivity contribution in [3.05, 3.63) is 46.5 Å². The first-order valence-corrected chi connectivity index (χ1v) is 16.2. The Morgan fingerprint density at radius 2 is 2.00 bits per heavy atom. The van der Waals surface area contributed by atoms with E-state index in [1.54, 1.807) is 17.5 Å². The van der Waals surface area contributed by atoms with Crippen LogP contribution < -0.4 is 4.90 Å². The molecular formula is C30H34N4O3S2. The number of rotatable bonds is 4. The van der Waals surface area contributed by atoms with Gasteiger partial charge in [-0.15, -0.1) is 11.3 Å². The molecule has 2 aromatic heterocycles. The van der Waals surface area contributed by atoms with Gasteiger partial charge in [0.25, 0.3) is 0 Å². The quantitative estimate of drug-likeness (QED) is 0.459. The molecule has 7 rings (SSSR count). The van der Waals surface area contributed by atoms with Crippen molar-refractivity contribution in [3.8, 4) is 17.2 Å². The first-order valence-electron chi connectivity index (χ1n) is 13.9. The van der Waals surface area contributed by atoms with E-state index in [0.29, 0.717) is 23.9 Å².